The molecule has 6 nitrogen and oxygen atoms in total. The van der Waals surface area contributed by atoms with E-state index in [1.807, 2.05) is 13.4 Å². The molecule has 4 aliphatic rings. The van der Waals surface area contributed by atoms with Gasteiger partial charge in [0.15, 0.2) is 5.96 Å². The molecular weight excluding hydrogens is 324 g/mol. The monoisotopic (exact) mass is 358 g/mol. The fourth-order valence-electron chi connectivity index (χ4n) is 6.30. The highest BCUT2D eigenvalue weighted by molar-refractivity contribution is 5.79. The van der Waals surface area contributed by atoms with E-state index >= 15 is 0 Å². The van der Waals surface area contributed by atoms with Gasteiger partial charge in [-0.05, 0) is 68.1 Å². The standard InChI is InChI=1S/C20H34N6/c1-3-18-25-24-14-26(18)7-6-23-19(21-2)22-5-4-20-11-15-8-16(12-20)10-17(9-15)13-20/h14-17H,3-13H2,1-2H3,(H2,21,22,23). The van der Waals surface area contributed by atoms with E-state index in [9.17, 15) is 0 Å². The lowest BCUT2D eigenvalue weighted by atomic mass is 9.49. The molecule has 0 amide bonds. The van der Waals surface area contributed by atoms with Crippen molar-refractivity contribution < 1.29 is 0 Å². The fraction of sp³-hybridized carbons (Fsp3) is 0.850. The third-order valence-electron chi connectivity index (χ3n) is 6.99. The predicted molar refractivity (Wildman–Crippen MR) is 104 cm³/mol. The summed E-state index contributed by atoms with van der Waals surface area (Å²) in [6.45, 7) is 4.85. The number of aryl methyl sites for hydroxylation is 1. The van der Waals surface area contributed by atoms with Gasteiger partial charge in [-0.25, -0.2) is 0 Å². The van der Waals surface area contributed by atoms with Crippen molar-refractivity contribution in [1.82, 2.24) is 25.4 Å². The molecule has 26 heavy (non-hydrogen) atoms. The van der Waals surface area contributed by atoms with Crippen LogP contribution in [0.3, 0.4) is 0 Å². The second kappa shape index (κ2) is 7.57. The van der Waals surface area contributed by atoms with Crippen molar-refractivity contribution in [2.24, 2.45) is 28.2 Å². The maximum absolute atomic E-state index is 4.39. The van der Waals surface area contributed by atoms with Crippen LogP contribution in [0.2, 0.25) is 0 Å². The molecule has 1 aromatic heterocycles. The zero-order valence-corrected chi connectivity index (χ0v) is 16.4. The second-order valence-electron chi connectivity index (χ2n) is 8.89. The number of hydrogen-bond acceptors (Lipinski definition) is 3. The summed E-state index contributed by atoms with van der Waals surface area (Å²) in [4.78, 5) is 4.39. The average Bonchev–Trinajstić information content (AvgIpc) is 3.06. The topological polar surface area (TPSA) is 67.1 Å². The van der Waals surface area contributed by atoms with E-state index in [-0.39, 0.29) is 0 Å². The van der Waals surface area contributed by atoms with Gasteiger partial charge in [-0.2, -0.15) is 0 Å². The summed E-state index contributed by atoms with van der Waals surface area (Å²) in [5, 5.41) is 15.1. The van der Waals surface area contributed by atoms with Gasteiger partial charge in [-0.1, -0.05) is 6.92 Å². The lowest BCUT2D eigenvalue weighted by Gasteiger charge is -2.57. The molecule has 144 valence electrons. The number of rotatable bonds is 7. The van der Waals surface area contributed by atoms with Gasteiger partial charge in [0.05, 0.1) is 0 Å². The van der Waals surface area contributed by atoms with E-state index in [0.29, 0.717) is 5.41 Å². The first-order chi connectivity index (χ1) is 12.7. The summed E-state index contributed by atoms with van der Waals surface area (Å²) in [6, 6.07) is 0. The number of nitrogens with zero attached hydrogens (tertiary/aromatic N) is 4. The number of hydrogen-bond donors (Lipinski definition) is 2. The molecule has 4 saturated carbocycles. The molecular formula is C20H34N6. The van der Waals surface area contributed by atoms with Crippen LogP contribution >= 0.6 is 0 Å². The first kappa shape index (κ1) is 17.8. The van der Waals surface area contributed by atoms with Crippen LogP contribution in [-0.4, -0.2) is 40.9 Å². The Hall–Kier alpha value is -1.59. The van der Waals surface area contributed by atoms with Crippen molar-refractivity contribution in [3.63, 3.8) is 0 Å². The van der Waals surface area contributed by atoms with Crippen molar-refractivity contribution in [2.75, 3.05) is 20.1 Å². The largest absolute Gasteiger partial charge is 0.356 e. The molecule has 0 atom stereocenters. The van der Waals surface area contributed by atoms with Gasteiger partial charge in [0, 0.05) is 33.1 Å². The Kier molecular flexibility index (Phi) is 5.18. The lowest BCUT2D eigenvalue weighted by Crippen LogP contribution is -2.48. The number of aliphatic imine (C=N–C) groups is 1. The molecule has 5 rings (SSSR count). The van der Waals surface area contributed by atoms with Crippen molar-refractivity contribution in [3.05, 3.63) is 12.2 Å². The fourth-order valence-corrected chi connectivity index (χ4v) is 6.30. The minimum Gasteiger partial charge on any atom is -0.356 e. The zero-order chi connectivity index (χ0) is 18.0. The quantitative estimate of drug-likeness (QED) is 0.581. The van der Waals surface area contributed by atoms with Gasteiger partial charge in [0.25, 0.3) is 0 Å². The maximum atomic E-state index is 4.39. The van der Waals surface area contributed by atoms with Crippen LogP contribution in [0.4, 0.5) is 0 Å². The molecule has 0 spiro atoms. The molecule has 1 aromatic rings. The first-order valence-corrected chi connectivity index (χ1v) is 10.5. The SMILES string of the molecule is CCc1nncn1CCNC(=NC)NCCC12CC3CC(CC(C3)C1)C2. The van der Waals surface area contributed by atoms with Gasteiger partial charge in [0.1, 0.15) is 12.2 Å². The van der Waals surface area contributed by atoms with Gasteiger partial charge >= 0.3 is 0 Å². The Morgan fingerprint density at radius 1 is 1.15 bits per heavy atom. The summed E-state index contributed by atoms with van der Waals surface area (Å²) in [6.07, 6.45) is 13.1. The maximum Gasteiger partial charge on any atom is 0.191 e. The zero-order valence-electron chi connectivity index (χ0n) is 16.4. The predicted octanol–water partition coefficient (Wildman–Crippen LogP) is 2.61. The van der Waals surface area contributed by atoms with E-state index in [1.165, 1.54) is 44.9 Å². The molecule has 6 heteroatoms. The van der Waals surface area contributed by atoms with Gasteiger partial charge < -0.3 is 15.2 Å². The molecule has 4 bridgehead atoms. The summed E-state index contributed by atoms with van der Waals surface area (Å²) in [7, 11) is 1.86. The van der Waals surface area contributed by atoms with Crippen molar-refractivity contribution in [1.29, 1.82) is 0 Å². The first-order valence-electron chi connectivity index (χ1n) is 10.5. The van der Waals surface area contributed by atoms with E-state index in [0.717, 1.165) is 55.6 Å². The third-order valence-corrected chi connectivity index (χ3v) is 6.99. The number of nitrogens with one attached hydrogen (secondary N) is 2. The Morgan fingerprint density at radius 3 is 2.42 bits per heavy atom. The molecule has 0 saturated heterocycles. The van der Waals surface area contributed by atoms with Crippen molar-refractivity contribution in [2.45, 2.75) is 64.8 Å². The normalized spacial score (nSPS) is 32.8. The van der Waals surface area contributed by atoms with Crippen LogP contribution in [0, 0.1) is 23.2 Å². The summed E-state index contributed by atoms with van der Waals surface area (Å²) in [5.74, 6) is 5.07. The van der Waals surface area contributed by atoms with E-state index in [4.69, 9.17) is 0 Å². The van der Waals surface area contributed by atoms with Crippen molar-refractivity contribution >= 4 is 5.96 Å². The van der Waals surface area contributed by atoms with Crippen LogP contribution in [0.1, 0.15) is 57.7 Å². The minimum atomic E-state index is 0.638. The summed E-state index contributed by atoms with van der Waals surface area (Å²) < 4.78 is 2.11. The highest BCUT2D eigenvalue weighted by atomic mass is 15.3. The van der Waals surface area contributed by atoms with Gasteiger partial charge in [-0.3, -0.25) is 4.99 Å². The van der Waals surface area contributed by atoms with Crippen LogP contribution in [0.15, 0.2) is 11.3 Å². The highest BCUT2D eigenvalue weighted by Gasteiger charge is 2.50. The van der Waals surface area contributed by atoms with E-state index in [2.05, 4.69) is 37.3 Å². The Morgan fingerprint density at radius 2 is 1.81 bits per heavy atom. The molecule has 4 fully saturated rings. The smallest absolute Gasteiger partial charge is 0.191 e. The molecule has 0 aromatic carbocycles. The van der Waals surface area contributed by atoms with Crippen LogP contribution < -0.4 is 10.6 Å². The van der Waals surface area contributed by atoms with Crippen molar-refractivity contribution in [3.8, 4) is 0 Å². The Labute approximate surface area is 157 Å². The lowest BCUT2D eigenvalue weighted by molar-refractivity contribution is -0.0562. The Bertz CT molecular complexity index is 599. The van der Waals surface area contributed by atoms with Gasteiger partial charge in [0.2, 0.25) is 0 Å². The van der Waals surface area contributed by atoms with Crippen LogP contribution in [0.5, 0.6) is 0 Å². The van der Waals surface area contributed by atoms with Gasteiger partial charge in [-0.15, -0.1) is 10.2 Å². The number of aromatic nitrogens is 3. The molecule has 4 aliphatic carbocycles. The Balaban J connectivity index is 1.21. The molecule has 0 radical (unpaired) electrons. The molecule has 0 unspecified atom stereocenters. The molecule has 0 aliphatic heterocycles. The average molecular weight is 359 g/mol. The molecule has 1 heterocycles. The molecule has 2 N–H and O–H groups in total. The highest BCUT2D eigenvalue weighted by Crippen LogP contribution is 2.61. The van der Waals surface area contributed by atoms with Crippen LogP contribution in [-0.2, 0) is 13.0 Å². The third kappa shape index (κ3) is 3.74. The minimum absolute atomic E-state index is 0.638. The summed E-state index contributed by atoms with van der Waals surface area (Å²) >= 11 is 0. The number of guanidine groups is 1. The van der Waals surface area contributed by atoms with E-state index in [1.54, 1.807) is 0 Å². The van der Waals surface area contributed by atoms with E-state index < -0.39 is 0 Å². The summed E-state index contributed by atoms with van der Waals surface area (Å²) in [5.41, 5.74) is 0.638. The van der Waals surface area contributed by atoms with Crippen LogP contribution in [0.25, 0.3) is 0 Å². The second-order valence-corrected chi connectivity index (χ2v) is 8.89.